The Kier molecular flexibility index (Phi) is 7.41. The summed E-state index contributed by atoms with van der Waals surface area (Å²) in [6.07, 6.45) is 3.30. The number of ether oxygens (including phenoxy) is 2. The number of rotatable bonds is 8. The van der Waals surface area contributed by atoms with Gasteiger partial charge in [-0.1, -0.05) is 36.4 Å². The summed E-state index contributed by atoms with van der Waals surface area (Å²) in [6, 6.07) is 24.5. The Morgan fingerprint density at radius 1 is 0.949 bits per heavy atom. The molecule has 1 fully saturated rings. The van der Waals surface area contributed by atoms with Gasteiger partial charge in [0.2, 0.25) is 0 Å². The number of Topliss-reactive ketones (excluding diaryl/α,β-unsaturated/α-hetero) is 1. The molecule has 1 aliphatic rings. The number of ketones is 1. The van der Waals surface area contributed by atoms with Crippen molar-refractivity contribution in [2.45, 2.75) is 26.4 Å². The minimum atomic E-state index is -0.837. The summed E-state index contributed by atoms with van der Waals surface area (Å²) >= 11 is 0. The van der Waals surface area contributed by atoms with Crippen LogP contribution in [-0.2, 0) is 16.1 Å². The number of amides is 1. The van der Waals surface area contributed by atoms with E-state index < -0.39 is 17.7 Å². The molecule has 7 heteroatoms. The van der Waals surface area contributed by atoms with Gasteiger partial charge >= 0.3 is 0 Å². The topological polar surface area (TPSA) is 89.0 Å². The van der Waals surface area contributed by atoms with Crippen LogP contribution in [0.1, 0.15) is 35.2 Å². The van der Waals surface area contributed by atoms with E-state index in [1.54, 1.807) is 54.9 Å². The number of benzene rings is 3. The first-order valence-corrected chi connectivity index (χ1v) is 12.7. The summed E-state index contributed by atoms with van der Waals surface area (Å²) < 4.78 is 11.7. The van der Waals surface area contributed by atoms with Gasteiger partial charge in [0.15, 0.2) is 0 Å². The molecule has 5 rings (SSSR count). The lowest BCUT2D eigenvalue weighted by molar-refractivity contribution is -0.140. The number of hydrogen-bond donors (Lipinski definition) is 1. The van der Waals surface area contributed by atoms with E-state index in [1.807, 2.05) is 56.3 Å². The molecule has 0 saturated carbocycles. The van der Waals surface area contributed by atoms with E-state index in [0.29, 0.717) is 35.0 Å². The Morgan fingerprint density at radius 3 is 2.46 bits per heavy atom. The van der Waals surface area contributed by atoms with Crippen LogP contribution in [0.4, 0.5) is 0 Å². The maximum atomic E-state index is 13.5. The first-order chi connectivity index (χ1) is 19.0. The van der Waals surface area contributed by atoms with Crippen molar-refractivity contribution in [2.75, 3.05) is 6.61 Å². The average molecular weight is 521 g/mol. The Hall–Kier alpha value is -4.91. The highest BCUT2D eigenvalue weighted by Crippen LogP contribution is 2.41. The number of carbonyl (C=O) groups excluding carboxylic acids is 2. The van der Waals surface area contributed by atoms with Crippen molar-refractivity contribution in [3.05, 3.63) is 125 Å². The van der Waals surface area contributed by atoms with Gasteiger partial charge < -0.3 is 19.5 Å². The summed E-state index contributed by atoms with van der Waals surface area (Å²) in [6.45, 7) is 4.41. The van der Waals surface area contributed by atoms with Crippen LogP contribution in [0.25, 0.3) is 5.76 Å². The maximum Gasteiger partial charge on any atom is 0.295 e. The van der Waals surface area contributed by atoms with Gasteiger partial charge in [0.05, 0.1) is 18.2 Å². The molecule has 0 spiro atoms. The van der Waals surface area contributed by atoms with Gasteiger partial charge in [0, 0.05) is 24.5 Å². The second kappa shape index (κ2) is 11.2. The lowest BCUT2D eigenvalue weighted by Crippen LogP contribution is -2.29. The minimum absolute atomic E-state index is 0.0179. The summed E-state index contributed by atoms with van der Waals surface area (Å²) in [4.78, 5) is 32.4. The van der Waals surface area contributed by atoms with Gasteiger partial charge in [-0.15, -0.1) is 0 Å². The fourth-order valence-corrected chi connectivity index (χ4v) is 4.72. The number of aliphatic hydroxyl groups excluding tert-OH is 1. The predicted octanol–water partition coefficient (Wildman–Crippen LogP) is 6.20. The molecule has 1 N–H and O–H groups in total. The SMILES string of the molecule is CCOc1ccc(C(O)=C2C(=O)C(=O)N(Cc3cccnc3)C2c2cccc(Oc3ccccc3)c2)cc1C. The van der Waals surface area contributed by atoms with E-state index in [4.69, 9.17) is 9.47 Å². The number of hydrogen-bond acceptors (Lipinski definition) is 6. The lowest BCUT2D eigenvalue weighted by Gasteiger charge is -2.25. The largest absolute Gasteiger partial charge is 0.507 e. The maximum absolute atomic E-state index is 13.5. The Labute approximate surface area is 227 Å². The molecule has 1 saturated heterocycles. The Morgan fingerprint density at radius 2 is 1.74 bits per heavy atom. The first kappa shape index (κ1) is 25.7. The molecule has 0 aliphatic carbocycles. The van der Waals surface area contributed by atoms with Gasteiger partial charge in [-0.05, 0) is 79.1 Å². The third kappa shape index (κ3) is 5.38. The van der Waals surface area contributed by atoms with Gasteiger partial charge in [-0.25, -0.2) is 0 Å². The van der Waals surface area contributed by atoms with Crippen molar-refractivity contribution in [1.29, 1.82) is 0 Å². The highest BCUT2D eigenvalue weighted by molar-refractivity contribution is 6.46. The van der Waals surface area contributed by atoms with Crippen LogP contribution < -0.4 is 9.47 Å². The molecule has 1 atom stereocenters. The molecular formula is C32H28N2O5. The Balaban J connectivity index is 1.61. The number of aromatic nitrogens is 1. The highest BCUT2D eigenvalue weighted by atomic mass is 16.5. The zero-order valence-electron chi connectivity index (χ0n) is 21.7. The van der Waals surface area contributed by atoms with Gasteiger partial charge in [0.1, 0.15) is 23.0 Å². The standard InChI is InChI=1S/C32H28N2O5/c1-3-38-27-15-14-24(17-21(27)2)30(35)28-29(34(32(37)31(28)36)20-22-9-8-16-33-19-22)23-10-7-13-26(18-23)39-25-11-5-4-6-12-25/h4-19,29,35H,3,20H2,1-2H3. The molecular weight excluding hydrogens is 492 g/mol. The van der Waals surface area contributed by atoms with E-state index in [2.05, 4.69) is 4.98 Å². The normalized spacial score (nSPS) is 16.4. The van der Waals surface area contributed by atoms with E-state index in [0.717, 1.165) is 11.1 Å². The van der Waals surface area contributed by atoms with Crippen molar-refractivity contribution < 1.29 is 24.2 Å². The number of para-hydroxylation sites is 1. The number of likely N-dealkylation sites (tertiary alicyclic amines) is 1. The van der Waals surface area contributed by atoms with Gasteiger partial charge in [-0.2, -0.15) is 0 Å². The molecule has 3 aromatic carbocycles. The van der Waals surface area contributed by atoms with Crippen molar-refractivity contribution in [3.8, 4) is 17.2 Å². The summed E-state index contributed by atoms with van der Waals surface area (Å²) in [5, 5.41) is 11.5. The molecule has 0 radical (unpaired) electrons. The second-order valence-electron chi connectivity index (χ2n) is 9.19. The monoisotopic (exact) mass is 520 g/mol. The number of pyridine rings is 1. The molecule has 39 heavy (non-hydrogen) atoms. The van der Waals surface area contributed by atoms with E-state index in [-0.39, 0.29) is 17.9 Å². The first-order valence-electron chi connectivity index (χ1n) is 12.7. The smallest absolute Gasteiger partial charge is 0.295 e. The number of aliphatic hydroxyl groups is 1. The van der Waals surface area contributed by atoms with E-state index >= 15 is 0 Å². The molecule has 1 unspecified atom stereocenters. The molecule has 196 valence electrons. The van der Waals surface area contributed by atoms with Crippen molar-refractivity contribution in [2.24, 2.45) is 0 Å². The van der Waals surface area contributed by atoms with Gasteiger partial charge in [-0.3, -0.25) is 14.6 Å². The lowest BCUT2D eigenvalue weighted by atomic mass is 9.94. The zero-order valence-corrected chi connectivity index (χ0v) is 21.7. The van der Waals surface area contributed by atoms with Gasteiger partial charge in [0.25, 0.3) is 11.7 Å². The zero-order chi connectivity index (χ0) is 27.4. The molecule has 1 aromatic heterocycles. The number of carbonyl (C=O) groups is 2. The predicted molar refractivity (Wildman–Crippen MR) is 147 cm³/mol. The molecule has 1 aliphatic heterocycles. The van der Waals surface area contributed by atoms with Crippen LogP contribution in [0.2, 0.25) is 0 Å². The van der Waals surface area contributed by atoms with E-state index in [9.17, 15) is 14.7 Å². The van der Waals surface area contributed by atoms with Crippen molar-refractivity contribution in [1.82, 2.24) is 9.88 Å². The third-order valence-electron chi connectivity index (χ3n) is 6.52. The van der Waals surface area contributed by atoms with Crippen LogP contribution in [0.3, 0.4) is 0 Å². The van der Waals surface area contributed by atoms with Crippen molar-refractivity contribution >= 4 is 17.4 Å². The quantitative estimate of drug-likeness (QED) is 0.169. The number of nitrogens with zero attached hydrogens (tertiary/aromatic N) is 2. The summed E-state index contributed by atoms with van der Waals surface area (Å²) in [5.41, 5.74) is 2.65. The highest BCUT2D eigenvalue weighted by Gasteiger charge is 2.46. The third-order valence-corrected chi connectivity index (χ3v) is 6.52. The molecule has 1 amide bonds. The molecule has 0 bridgehead atoms. The van der Waals surface area contributed by atoms with Crippen molar-refractivity contribution in [3.63, 3.8) is 0 Å². The average Bonchev–Trinajstić information content (AvgIpc) is 3.20. The van der Waals surface area contributed by atoms with Crippen LogP contribution >= 0.6 is 0 Å². The van der Waals surface area contributed by atoms with Crippen LogP contribution in [0.5, 0.6) is 17.2 Å². The number of aryl methyl sites for hydroxylation is 1. The summed E-state index contributed by atoms with van der Waals surface area (Å²) in [7, 11) is 0. The molecule has 7 nitrogen and oxygen atoms in total. The summed E-state index contributed by atoms with van der Waals surface area (Å²) in [5.74, 6) is 0.206. The fourth-order valence-electron chi connectivity index (χ4n) is 4.72. The van der Waals surface area contributed by atoms with Crippen LogP contribution in [0, 0.1) is 6.92 Å². The van der Waals surface area contributed by atoms with Crippen LogP contribution in [-0.4, -0.2) is 33.3 Å². The minimum Gasteiger partial charge on any atom is -0.507 e. The second-order valence-corrected chi connectivity index (χ2v) is 9.19. The fraction of sp³-hybridized carbons (Fsp3) is 0.156. The van der Waals surface area contributed by atoms with Crippen LogP contribution in [0.15, 0.2) is 103 Å². The molecule has 4 aromatic rings. The molecule has 2 heterocycles. The Bertz CT molecular complexity index is 1530. The van der Waals surface area contributed by atoms with E-state index in [1.165, 1.54) is 4.90 Å².